The molecule has 98 valence electrons. The Bertz CT molecular complexity index is 451. The Morgan fingerprint density at radius 3 is 2.33 bits per heavy atom. The quantitative estimate of drug-likeness (QED) is 0.749. The highest BCUT2D eigenvalue weighted by Gasteiger charge is 2.29. The number of benzene rings is 1. The molecular weight excluding hydrogens is 269 g/mol. The predicted octanol–water partition coefficient (Wildman–Crippen LogP) is 4.40. The number of carbonyl (C=O) groups excluding carboxylic acids is 1. The molecule has 0 saturated carbocycles. The van der Waals surface area contributed by atoms with Crippen molar-refractivity contribution in [2.24, 2.45) is 0 Å². The molecule has 2 unspecified atom stereocenters. The monoisotopic (exact) mass is 285 g/mol. The summed E-state index contributed by atoms with van der Waals surface area (Å²) in [5, 5.41) is 0.910. The van der Waals surface area contributed by atoms with Crippen LogP contribution < -0.4 is 0 Å². The number of amides is 1. The number of halogens is 2. The van der Waals surface area contributed by atoms with Crippen LogP contribution in [0.5, 0.6) is 0 Å². The Morgan fingerprint density at radius 2 is 1.78 bits per heavy atom. The van der Waals surface area contributed by atoms with Gasteiger partial charge in [0.05, 0.1) is 10.0 Å². The summed E-state index contributed by atoms with van der Waals surface area (Å²) < 4.78 is 0. The average Bonchev–Trinajstić information content (AvgIpc) is 2.32. The van der Waals surface area contributed by atoms with E-state index in [9.17, 15) is 4.79 Å². The van der Waals surface area contributed by atoms with E-state index in [1.807, 2.05) is 4.90 Å². The first-order chi connectivity index (χ1) is 8.50. The summed E-state index contributed by atoms with van der Waals surface area (Å²) in [7, 11) is 0. The highest BCUT2D eigenvalue weighted by molar-refractivity contribution is 6.42. The Hall–Kier alpha value is -0.730. The van der Waals surface area contributed by atoms with Gasteiger partial charge in [0, 0.05) is 17.6 Å². The summed E-state index contributed by atoms with van der Waals surface area (Å²) in [6.45, 7) is 4.20. The number of nitrogens with zero attached hydrogens (tertiary/aromatic N) is 1. The summed E-state index contributed by atoms with van der Waals surface area (Å²) in [6.07, 6.45) is 3.32. The third-order valence-electron chi connectivity index (χ3n) is 3.59. The molecule has 2 nitrogen and oxygen atoms in total. The van der Waals surface area contributed by atoms with E-state index in [0.717, 1.165) is 12.8 Å². The molecule has 1 amide bonds. The fraction of sp³-hybridized carbons (Fsp3) is 0.500. The minimum absolute atomic E-state index is 0.0493. The molecule has 0 N–H and O–H groups in total. The van der Waals surface area contributed by atoms with Gasteiger partial charge in [0.15, 0.2) is 0 Å². The van der Waals surface area contributed by atoms with Crippen molar-refractivity contribution in [1.29, 1.82) is 0 Å². The Morgan fingerprint density at radius 1 is 1.17 bits per heavy atom. The van der Waals surface area contributed by atoms with Crippen molar-refractivity contribution in [3.05, 3.63) is 33.8 Å². The molecule has 1 aliphatic heterocycles. The second-order valence-corrected chi connectivity index (χ2v) is 5.78. The van der Waals surface area contributed by atoms with E-state index in [1.165, 1.54) is 6.42 Å². The maximum absolute atomic E-state index is 12.5. The number of hydrogen-bond acceptors (Lipinski definition) is 1. The molecule has 4 heteroatoms. The van der Waals surface area contributed by atoms with E-state index in [4.69, 9.17) is 23.2 Å². The number of piperidine rings is 1. The average molecular weight is 286 g/mol. The molecule has 1 aliphatic rings. The Balaban J connectivity index is 2.26. The van der Waals surface area contributed by atoms with Crippen LogP contribution in [0.3, 0.4) is 0 Å². The zero-order valence-corrected chi connectivity index (χ0v) is 12.1. The number of hydrogen-bond donors (Lipinski definition) is 0. The third-order valence-corrected chi connectivity index (χ3v) is 4.33. The zero-order valence-electron chi connectivity index (χ0n) is 10.6. The van der Waals surface area contributed by atoms with Gasteiger partial charge >= 0.3 is 0 Å². The van der Waals surface area contributed by atoms with Crippen LogP contribution in [0.15, 0.2) is 18.2 Å². The molecule has 1 heterocycles. The van der Waals surface area contributed by atoms with Crippen LogP contribution in [-0.2, 0) is 0 Å². The second-order valence-electron chi connectivity index (χ2n) is 4.97. The lowest BCUT2D eigenvalue weighted by Gasteiger charge is -2.39. The van der Waals surface area contributed by atoms with Crippen LogP contribution in [0.1, 0.15) is 43.5 Å². The first kappa shape index (κ1) is 13.7. The van der Waals surface area contributed by atoms with E-state index in [-0.39, 0.29) is 18.0 Å². The SMILES string of the molecule is CC1CCCC(C)N1C(=O)c1ccc(Cl)c(Cl)c1. The molecule has 1 aromatic carbocycles. The maximum atomic E-state index is 12.5. The molecule has 1 aromatic rings. The molecule has 1 saturated heterocycles. The predicted molar refractivity (Wildman–Crippen MR) is 75.4 cm³/mol. The van der Waals surface area contributed by atoms with Crippen molar-refractivity contribution < 1.29 is 4.79 Å². The zero-order chi connectivity index (χ0) is 13.3. The van der Waals surface area contributed by atoms with Crippen LogP contribution in [0, 0.1) is 0 Å². The molecule has 0 spiro atoms. The van der Waals surface area contributed by atoms with Gasteiger partial charge in [-0.15, -0.1) is 0 Å². The fourth-order valence-corrected chi connectivity index (χ4v) is 2.90. The summed E-state index contributed by atoms with van der Waals surface area (Å²) in [4.78, 5) is 14.5. The minimum Gasteiger partial charge on any atom is -0.333 e. The van der Waals surface area contributed by atoms with Gasteiger partial charge < -0.3 is 4.90 Å². The first-order valence-corrected chi connectivity index (χ1v) is 7.04. The van der Waals surface area contributed by atoms with Crippen LogP contribution in [0.25, 0.3) is 0 Å². The lowest BCUT2D eigenvalue weighted by Crippen LogP contribution is -2.47. The molecule has 1 fully saturated rings. The standard InChI is InChI=1S/C14H17Cl2NO/c1-9-4-3-5-10(2)17(9)14(18)11-6-7-12(15)13(16)8-11/h6-10H,3-5H2,1-2H3. The van der Waals surface area contributed by atoms with E-state index in [0.29, 0.717) is 15.6 Å². The summed E-state index contributed by atoms with van der Waals surface area (Å²) >= 11 is 11.8. The maximum Gasteiger partial charge on any atom is 0.254 e. The van der Waals surface area contributed by atoms with Gasteiger partial charge in [0.2, 0.25) is 0 Å². The van der Waals surface area contributed by atoms with E-state index in [1.54, 1.807) is 18.2 Å². The molecule has 0 aliphatic carbocycles. The van der Waals surface area contributed by atoms with Gasteiger partial charge in [-0.1, -0.05) is 23.2 Å². The topological polar surface area (TPSA) is 20.3 Å². The molecule has 0 aromatic heterocycles. The third kappa shape index (κ3) is 2.65. The van der Waals surface area contributed by atoms with Crippen molar-refractivity contribution in [3.63, 3.8) is 0 Å². The van der Waals surface area contributed by atoms with Gasteiger partial charge in [-0.25, -0.2) is 0 Å². The van der Waals surface area contributed by atoms with Crippen LogP contribution in [0.4, 0.5) is 0 Å². The van der Waals surface area contributed by atoms with Crippen LogP contribution in [-0.4, -0.2) is 22.9 Å². The van der Waals surface area contributed by atoms with Crippen molar-refractivity contribution in [2.45, 2.75) is 45.2 Å². The highest BCUT2D eigenvalue weighted by Crippen LogP contribution is 2.27. The van der Waals surface area contributed by atoms with E-state index in [2.05, 4.69) is 13.8 Å². The van der Waals surface area contributed by atoms with Crippen LogP contribution in [0.2, 0.25) is 10.0 Å². The largest absolute Gasteiger partial charge is 0.333 e. The van der Waals surface area contributed by atoms with Gasteiger partial charge in [-0.2, -0.15) is 0 Å². The molecule has 0 bridgehead atoms. The van der Waals surface area contributed by atoms with Gasteiger partial charge in [-0.3, -0.25) is 4.79 Å². The van der Waals surface area contributed by atoms with Crippen molar-refractivity contribution >= 4 is 29.1 Å². The van der Waals surface area contributed by atoms with Crippen molar-refractivity contribution in [3.8, 4) is 0 Å². The van der Waals surface area contributed by atoms with Gasteiger partial charge in [-0.05, 0) is 51.3 Å². The number of likely N-dealkylation sites (tertiary alicyclic amines) is 1. The lowest BCUT2D eigenvalue weighted by molar-refractivity contribution is 0.0511. The molecule has 0 radical (unpaired) electrons. The minimum atomic E-state index is 0.0493. The summed E-state index contributed by atoms with van der Waals surface area (Å²) in [5.41, 5.74) is 0.616. The highest BCUT2D eigenvalue weighted by atomic mass is 35.5. The van der Waals surface area contributed by atoms with Crippen molar-refractivity contribution in [1.82, 2.24) is 4.90 Å². The van der Waals surface area contributed by atoms with Gasteiger partial charge in [0.25, 0.3) is 5.91 Å². The molecule has 2 rings (SSSR count). The van der Waals surface area contributed by atoms with Crippen molar-refractivity contribution in [2.75, 3.05) is 0 Å². The number of carbonyl (C=O) groups is 1. The Kier molecular flexibility index (Phi) is 4.18. The van der Waals surface area contributed by atoms with Gasteiger partial charge in [0.1, 0.15) is 0 Å². The van der Waals surface area contributed by atoms with E-state index < -0.39 is 0 Å². The molecule has 2 atom stereocenters. The molecule has 18 heavy (non-hydrogen) atoms. The summed E-state index contributed by atoms with van der Waals surface area (Å²) in [5.74, 6) is 0.0493. The lowest BCUT2D eigenvalue weighted by atomic mass is 9.96. The second kappa shape index (κ2) is 5.50. The normalized spacial score (nSPS) is 24.1. The van der Waals surface area contributed by atoms with Crippen LogP contribution >= 0.6 is 23.2 Å². The smallest absolute Gasteiger partial charge is 0.254 e. The molecular formula is C14H17Cl2NO. The van der Waals surface area contributed by atoms with E-state index >= 15 is 0 Å². The first-order valence-electron chi connectivity index (χ1n) is 6.28. The Labute approximate surface area is 118 Å². The fourth-order valence-electron chi connectivity index (χ4n) is 2.60. The number of rotatable bonds is 1. The summed E-state index contributed by atoms with van der Waals surface area (Å²) in [6, 6.07) is 5.65.